The van der Waals surface area contributed by atoms with E-state index in [2.05, 4.69) is 14.9 Å². The first-order valence-corrected chi connectivity index (χ1v) is 6.88. The average molecular weight is 292 g/mol. The van der Waals surface area contributed by atoms with Crippen molar-refractivity contribution >= 4 is 34.6 Å². The molecule has 104 valence electrons. The Labute approximate surface area is 121 Å². The van der Waals surface area contributed by atoms with E-state index in [9.17, 15) is 4.79 Å². The fourth-order valence-corrected chi connectivity index (χ4v) is 2.54. The molecule has 0 unspecified atom stereocenters. The quantitative estimate of drug-likeness (QED) is 0.638. The van der Waals surface area contributed by atoms with E-state index in [1.54, 1.807) is 0 Å². The van der Waals surface area contributed by atoms with Crippen LogP contribution in [0.4, 0.5) is 5.82 Å². The fourth-order valence-electron chi connectivity index (χ4n) is 2.37. The molecule has 0 saturated carbocycles. The summed E-state index contributed by atoms with van der Waals surface area (Å²) in [4.78, 5) is 21.4. The van der Waals surface area contributed by atoms with Crippen molar-refractivity contribution in [2.45, 2.75) is 6.42 Å². The van der Waals surface area contributed by atoms with Crippen molar-refractivity contribution in [1.82, 2.24) is 9.97 Å². The molecular formula is C14H14ClN3O2. The van der Waals surface area contributed by atoms with Gasteiger partial charge < -0.3 is 14.4 Å². The van der Waals surface area contributed by atoms with E-state index in [0.717, 1.165) is 41.7 Å². The first-order valence-electron chi connectivity index (χ1n) is 6.50. The van der Waals surface area contributed by atoms with Gasteiger partial charge in [0, 0.05) is 24.9 Å². The second kappa shape index (κ2) is 5.73. The van der Waals surface area contributed by atoms with Crippen LogP contribution in [0.2, 0.25) is 5.28 Å². The number of anilines is 1. The molecule has 0 amide bonds. The maximum Gasteiger partial charge on any atom is 0.224 e. The summed E-state index contributed by atoms with van der Waals surface area (Å²) >= 11 is 6.01. The van der Waals surface area contributed by atoms with Crippen LogP contribution in [0.25, 0.3) is 10.9 Å². The fraction of sp³-hybridized carbons (Fsp3) is 0.357. The molecule has 20 heavy (non-hydrogen) atoms. The Bertz CT molecular complexity index is 642. The van der Waals surface area contributed by atoms with Crippen LogP contribution in [0.15, 0.2) is 18.2 Å². The minimum absolute atomic E-state index is 0.238. The van der Waals surface area contributed by atoms with Crippen LogP contribution < -0.4 is 4.90 Å². The number of halogens is 1. The first kappa shape index (κ1) is 13.3. The van der Waals surface area contributed by atoms with Crippen LogP contribution in [0, 0.1) is 0 Å². The van der Waals surface area contributed by atoms with Gasteiger partial charge in [0.15, 0.2) is 0 Å². The largest absolute Gasteiger partial charge is 0.378 e. The lowest BCUT2D eigenvalue weighted by Gasteiger charge is -2.28. The molecule has 3 rings (SSSR count). The maximum absolute atomic E-state index is 10.7. The number of hydrogen-bond acceptors (Lipinski definition) is 5. The highest BCUT2D eigenvalue weighted by Crippen LogP contribution is 2.27. The monoisotopic (exact) mass is 291 g/mol. The standard InChI is InChI=1S/C14H14ClN3O2/c15-14-16-12-2-1-10(3-6-19)9-11(12)13(17-14)18-4-7-20-8-5-18/h1-2,6,9H,3-5,7-8H2. The number of benzene rings is 1. The highest BCUT2D eigenvalue weighted by Gasteiger charge is 2.17. The molecule has 1 aliphatic rings. The van der Waals surface area contributed by atoms with Gasteiger partial charge in [-0.1, -0.05) is 6.07 Å². The van der Waals surface area contributed by atoms with Gasteiger partial charge >= 0.3 is 0 Å². The molecule has 0 spiro atoms. The van der Waals surface area contributed by atoms with E-state index >= 15 is 0 Å². The minimum atomic E-state index is 0.238. The molecule has 0 atom stereocenters. The summed E-state index contributed by atoms with van der Waals surface area (Å²) in [6, 6.07) is 5.74. The molecule has 1 aliphatic heterocycles. The minimum Gasteiger partial charge on any atom is -0.378 e. The molecule has 1 aromatic carbocycles. The van der Waals surface area contributed by atoms with Gasteiger partial charge in [-0.2, -0.15) is 4.98 Å². The van der Waals surface area contributed by atoms with Gasteiger partial charge in [0.25, 0.3) is 0 Å². The zero-order valence-corrected chi connectivity index (χ0v) is 11.6. The molecule has 6 heteroatoms. The number of carbonyl (C=O) groups excluding carboxylic acids is 1. The number of nitrogens with zero attached hydrogens (tertiary/aromatic N) is 3. The van der Waals surface area contributed by atoms with Crippen molar-refractivity contribution in [3.8, 4) is 0 Å². The lowest BCUT2D eigenvalue weighted by Crippen LogP contribution is -2.37. The van der Waals surface area contributed by atoms with Crippen LogP contribution in [0.5, 0.6) is 0 Å². The van der Waals surface area contributed by atoms with E-state index in [0.29, 0.717) is 19.6 Å². The summed E-state index contributed by atoms with van der Waals surface area (Å²) in [7, 11) is 0. The lowest BCUT2D eigenvalue weighted by atomic mass is 10.1. The lowest BCUT2D eigenvalue weighted by molar-refractivity contribution is -0.107. The molecule has 0 bridgehead atoms. The Kier molecular flexibility index (Phi) is 3.80. The Morgan fingerprint density at radius 3 is 2.85 bits per heavy atom. The van der Waals surface area contributed by atoms with Crippen LogP contribution in [-0.2, 0) is 16.0 Å². The highest BCUT2D eigenvalue weighted by atomic mass is 35.5. The zero-order chi connectivity index (χ0) is 13.9. The maximum atomic E-state index is 10.7. The van der Waals surface area contributed by atoms with Gasteiger partial charge in [-0.05, 0) is 29.3 Å². The third-order valence-electron chi connectivity index (χ3n) is 3.34. The summed E-state index contributed by atoms with van der Waals surface area (Å²) in [5, 5.41) is 1.16. The summed E-state index contributed by atoms with van der Waals surface area (Å²) in [5.41, 5.74) is 1.74. The average Bonchev–Trinajstić information content (AvgIpc) is 2.48. The van der Waals surface area contributed by atoms with Gasteiger partial charge in [0.2, 0.25) is 5.28 Å². The van der Waals surface area contributed by atoms with Crippen LogP contribution in [0.3, 0.4) is 0 Å². The van der Waals surface area contributed by atoms with Gasteiger partial charge in [-0.15, -0.1) is 0 Å². The predicted octanol–water partition coefficient (Wildman–Crippen LogP) is 1.86. The summed E-state index contributed by atoms with van der Waals surface area (Å²) in [6.07, 6.45) is 1.29. The normalized spacial score (nSPS) is 15.6. The number of aldehydes is 1. The zero-order valence-electron chi connectivity index (χ0n) is 10.9. The SMILES string of the molecule is O=CCc1ccc2nc(Cl)nc(N3CCOCC3)c2c1. The van der Waals surface area contributed by atoms with Gasteiger partial charge in [-0.25, -0.2) is 4.98 Å². The molecule has 0 aliphatic carbocycles. The molecule has 5 nitrogen and oxygen atoms in total. The highest BCUT2D eigenvalue weighted by molar-refractivity contribution is 6.28. The molecule has 0 radical (unpaired) electrons. The third-order valence-corrected chi connectivity index (χ3v) is 3.51. The Balaban J connectivity index is 2.11. The molecule has 2 aromatic rings. The molecular weight excluding hydrogens is 278 g/mol. The molecule has 2 heterocycles. The van der Waals surface area contributed by atoms with Crippen molar-refractivity contribution in [1.29, 1.82) is 0 Å². The second-order valence-electron chi connectivity index (χ2n) is 4.64. The number of ether oxygens (including phenoxy) is 1. The third kappa shape index (κ3) is 2.59. The first-order chi connectivity index (χ1) is 9.78. The van der Waals surface area contributed by atoms with Crippen molar-refractivity contribution in [2.24, 2.45) is 0 Å². The van der Waals surface area contributed by atoms with E-state index < -0.39 is 0 Å². The van der Waals surface area contributed by atoms with E-state index in [4.69, 9.17) is 16.3 Å². The van der Waals surface area contributed by atoms with Gasteiger partial charge in [0.1, 0.15) is 12.1 Å². The number of rotatable bonds is 3. The summed E-state index contributed by atoms with van der Waals surface area (Å²) in [5.74, 6) is 0.816. The molecule has 1 aromatic heterocycles. The van der Waals surface area contributed by atoms with Gasteiger partial charge in [0.05, 0.1) is 18.7 Å². The van der Waals surface area contributed by atoms with Crippen molar-refractivity contribution < 1.29 is 9.53 Å². The second-order valence-corrected chi connectivity index (χ2v) is 4.98. The topological polar surface area (TPSA) is 55.3 Å². The van der Waals surface area contributed by atoms with Crippen LogP contribution in [0.1, 0.15) is 5.56 Å². The number of morpholine rings is 1. The predicted molar refractivity (Wildman–Crippen MR) is 77.3 cm³/mol. The van der Waals surface area contributed by atoms with E-state index in [-0.39, 0.29) is 5.28 Å². The van der Waals surface area contributed by atoms with E-state index in [1.807, 2.05) is 18.2 Å². The summed E-state index contributed by atoms with van der Waals surface area (Å²) in [6.45, 7) is 2.91. The van der Waals surface area contributed by atoms with E-state index in [1.165, 1.54) is 0 Å². The number of carbonyl (C=O) groups is 1. The Hall–Kier alpha value is -1.72. The smallest absolute Gasteiger partial charge is 0.224 e. The van der Waals surface area contributed by atoms with Crippen molar-refractivity contribution in [2.75, 3.05) is 31.2 Å². The number of aromatic nitrogens is 2. The summed E-state index contributed by atoms with van der Waals surface area (Å²) < 4.78 is 5.36. The number of hydrogen-bond donors (Lipinski definition) is 0. The molecule has 0 N–H and O–H groups in total. The van der Waals surface area contributed by atoms with Crippen LogP contribution in [-0.4, -0.2) is 42.6 Å². The van der Waals surface area contributed by atoms with Crippen molar-refractivity contribution in [3.05, 3.63) is 29.0 Å². The van der Waals surface area contributed by atoms with Gasteiger partial charge in [-0.3, -0.25) is 0 Å². The molecule has 1 saturated heterocycles. The Morgan fingerprint density at radius 2 is 2.10 bits per heavy atom. The van der Waals surface area contributed by atoms with Crippen molar-refractivity contribution in [3.63, 3.8) is 0 Å². The van der Waals surface area contributed by atoms with Crippen LogP contribution >= 0.6 is 11.6 Å². The Morgan fingerprint density at radius 1 is 1.30 bits per heavy atom. The molecule has 1 fully saturated rings. The number of fused-ring (bicyclic) bond motifs is 1.